The normalized spacial score (nSPS) is 13.4. The Balaban J connectivity index is 1.91. The number of nitrogens with one attached hydrogen (secondary N) is 1. The molecule has 0 spiro atoms. The number of H-pyrrole nitrogens is 1. The third-order valence-electron chi connectivity index (χ3n) is 2.38. The number of rotatable bonds is 5. The van der Waals surface area contributed by atoms with Gasteiger partial charge in [-0.05, 0) is 0 Å². The first kappa shape index (κ1) is 14.9. The van der Waals surface area contributed by atoms with Crippen molar-refractivity contribution in [2.45, 2.75) is 23.9 Å². The van der Waals surface area contributed by atoms with E-state index in [4.69, 9.17) is 0 Å². The number of hydrogen-bond donors (Lipinski definition) is 2. The predicted molar refractivity (Wildman–Crippen MR) is 69.2 cm³/mol. The van der Waals surface area contributed by atoms with Gasteiger partial charge in [0.25, 0.3) is 0 Å². The molecule has 1 aromatic carbocycles. The molecule has 4 nitrogen and oxygen atoms in total. The quantitative estimate of drug-likeness (QED) is 0.834. The highest BCUT2D eigenvalue weighted by Gasteiger charge is 2.31. The minimum Gasteiger partial charge on any atom is -0.392 e. The molecule has 1 aromatic heterocycles. The lowest BCUT2D eigenvalue weighted by molar-refractivity contribution is -0.150. The molecule has 1 atom stereocenters. The van der Waals surface area contributed by atoms with Crippen LogP contribution in [0.25, 0.3) is 11.4 Å². The van der Waals surface area contributed by atoms with Gasteiger partial charge in [0.05, 0.1) is 12.5 Å². The van der Waals surface area contributed by atoms with Crippen molar-refractivity contribution in [1.29, 1.82) is 0 Å². The summed E-state index contributed by atoms with van der Waals surface area (Å²) in [6.07, 6.45) is -7.05. The Bertz CT molecular complexity index is 544. The van der Waals surface area contributed by atoms with Crippen LogP contribution in [0, 0.1) is 0 Å². The molecule has 0 saturated carbocycles. The highest BCUT2D eigenvalue weighted by molar-refractivity contribution is 7.99. The molecule has 0 aliphatic heterocycles. The van der Waals surface area contributed by atoms with Gasteiger partial charge in [-0.25, -0.2) is 4.98 Å². The predicted octanol–water partition coefficient (Wildman–Crippen LogP) is 2.88. The molecule has 20 heavy (non-hydrogen) atoms. The fourth-order valence-corrected chi connectivity index (χ4v) is 2.26. The number of aliphatic hydroxyl groups is 1. The molecule has 0 radical (unpaired) electrons. The molecule has 0 bridgehead atoms. The maximum absolute atomic E-state index is 12.1. The van der Waals surface area contributed by atoms with Crippen LogP contribution in [0.2, 0.25) is 0 Å². The standard InChI is InChI=1S/C12H12F3N3OS/c13-12(14,15)6-9(19)7-20-11-16-10(17-18-11)8-4-2-1-3-5-8/h1-5,9,19H,6-7H2,(H,16,17,18)/t9-/m1/s1. The highest BCUT2D eigenvalue weighted by atomic mass is 32.2. The second-order valence-corrected chi connectivity index (χ2v) is 5.10. The molecule has 2 rings (SSSR count). The van der Waals surface area contributed by atoms with Crippen LogP contribution in [-0.2, 0) is 0 Å². The van der Waals surface area contributed by atoms with Gasteiger partial charge in [0, 0.05) is 11.3 Å². The Morgan fingerprint density at radius 3 is 2.60 bits per heavy atom. The lowest BCUT2D eigenvalue weighted by Crippen LogP contribution is -2.21. The monoisotopic (exact) mass is 303 g/mol. The molecule has 0 unspecified atom stereocenters. The molecule has 0 aliphatic carbocycles. The van der Waals surface area contributed by atoms with Gasteiger partial charge in [0.15, 0.2) is 5.82 Å². The summed E-state index contributed by atoms with van der Waals surface area (Å²) >= 11 is 0.981. The van der Waals surface area contributed by atoms with Crippen molar-refractivity contribution in [2.75, 3.05) is 5.75 Å². The Labute approximate surface area is 117 Å². The number of halogens is 3. The lowest BCUT2D eigenvalue weighted by atomic mass is 10.2. The first-order valence-corrected chi connectivity index (χ1v) is 6.78. The zero-order chi connectivity index (χ0) is 14.6. The van der Waals surface area contributed by atoms with Crippen molar-refractivity contribution in [3.8, 4) is 11.4 Å². The minimum absolute atomic E-state index is 0.106. The molecule has 1 heterocycles. The van der Waals surface area contributed by atoms with Crippen LogP contribution in [0.1, 0.15) is 6.42 Å². The summed E-state index contributed by atoms with van der Waals surface area (Å²) in [4.78, 5) is 4.15. The Hall–Kier alpha value is -1.54. The van der Waals surface area contributed by atoms with Crippen molar-refractivity contribution in [2.24, 2.45) is 0 Å². The maximum atomic E-state index is 12.1. The molecule has 8 heteroatoms. The van der Waals surface area contributed by atoms with E-state index in [2.05, 4.69) is 15.2 Å². The van der Waals surface area contributed by atoms with Crippen LogP contribution in [-0.4, -0.2) is 38.3 Å². The molecule has 108 valence electrons. The van der Waals surface area contributed by atoms with Crippen LogP contribution in [0.5, 0.6) is 0 Å². The molecular formula is C12H12F3N3OS. The molecule has 0 saturated heterocycles. The third-order valence-corrected chi connectivity index (χ3v) is 3.38. The van der Waals surface area contributed by atoms with Gasteiger partial charge in [-0.15, -0.1) is 5.10 Å². The average Bonchev–Trinajstić information content (AvgIpc) is 2.84. The summed E-state index contributed by atoms with van der Waals surface area (Å²) in [5.74, 6) is 0.435. The molecule has 0 aliphatic rings. The zero-order valence-electron chi connectivity index (χ0n) is 10.3. The summed E-state index contributed by atoms with van der Waals surface area (Å²) in [5, 5.41) is 16.2. The van der Waals surface area contributed by atoms with E-state index in [0.717, 1.165) is 17.3 Å². The van der Waals surface area contributed by atoms with E-state index >= 15 is 0 Å². The van der Waals surface area contributed by atoms with Crippen molar-refractivity contribution >= 4 is 11.8 Å². The molecule has 0 amide bonds. The van der Waals surface area contributed by atoms with Crippen molar-refractivity contribution in [3.05, 3.63) is 30.3 Å². The number of aromatic amines is 1. The molecule has 2 N–H and O–H groups in total. The van der Waals surface area contributed by atoms with E-state index in [9.17, 15) is 18.3 Å². The molecular weight excluding hydrogens is 291 g/mol. The van der Waals surface area contributed by atoms with Crippen LogP contribution < -0.4 is 0 Å². The van der Waals surface area contributed by atoms with E-state index in [0.29, 0.717) is 11.0 Å². The van der Waals surface area contributed by atoms with Gasteiger partial charge >= 0.3 is 6.18 Å². The van der Waals surface area contributed by atoms with E-state index in [-0.39, 0.29) is 5.75 Å². The number of aliphatic hydroxyl groups excluding tert-OH is 1. The van der Waals surface area contributed by atoms with Crippen molar-refractivity contribution < 1.29 is 18.3 Å². The Morgan fingerprint density at radius 1 is 1.25 bits per heavy atom. The molecule has 0 fully saturated rings. The van der Waals surface area contributed by atoms with E-state index in [1.807, 2.05) is 30.3 Å². The maximum Gasteiger partial charge on any atom is 0.391 e. The third kappa shape index (κ3) is 4.53. The SMILES string of the molecule is O[C@@H](CSc1n[nH]c(-c2ccccc2)n1)CC(F)(F)F. The number of benzene rings is 1. The summed E-state index contributed by atoms with van der Waals surface area (Å²) < 4.78 is 36.2. The van der Waals surface area contributed by atoms with Crippen LogP contribution in [0.3, 0.4) is 0 Å². The molecule has 2 aromatic rings. The number of hydrogen-bond acceptors (Lipinski definition) is 4. The Morgan fingerprint density at radius 2 is 1.95 bits per heavy atom. The van der Waals surface area contributed by atoms with Gasteiger partial charge < -0.3 is 5.11 Å². The first-order chi connectivity index (χ1) is 9.44. The van der Waals surface area contributed by atoms with E-state index < -0.39 is 18.7 Å². The van der Waals surface area contributed by atoms with E-state index in [1.165, 1.54) is 0 Å². The van der Waals surface area contributed by atoms with E-state index in [1.54, 1.807) is 0 Å². The number of nitrogens with zero attached hydrogens (tertiary/aromatic N) is 2. The average molecular weight is 303 g/mol. The summed E-state index contributed by atoms with van der Waals surface area (Å²) in [6.45, 7) is 0. The number of alkyl halides is 3. The zero-order valence-corrected chi connectivity index (χ0v) is 11.1. The van der Waals surface area contributed by atoms with Crippen LogP contribution in [0.4, 0.5) is 13.2 Å². The second-order valence-electron chi connectivity index (χ2n) is 4.12. The van der Waals surface area contributed by atoms with Crippen molar-refractivity contribution in [1.82, 2.24) is 15.2 Å². The fraction of sp³-hybridized carbons (Fsp3) is 0.333. The first-order valence-electron chi connectivity index (χ1n) is 5.79. The largest absolute Gasteiger partial charge is 0.392 e. The fourth-order valence-electron chi connectivity index (χ4n) is 1.53. The summed E-state index contributed by atoms with van der Waals surface area (Å²) in [6, 6.07) is 9.24. The van der Waals surface area contributed by atoms with Crippen LogP contribution in [0.15, 0.2) is 35.5 Å². The summed E-state index contributed by atoms with van der Waals surface area (Å²) in [5.41, 5.74) is 0.836. The van der Waals surface area contributed by atoms with Gasteiger partial charge in [-0.3, -0.25) is 5.10 Å². The second kappa shape index (κ2) is 6.27. The summed E-state index contributed by atoms with van der Waals surface area (Å²) in [7, 11) is 0. The number of aromatic nitrogens is 3. The van der Waals surface area contributed by atoms with Gasteiger partial charge in [0.2, 0.25) is 5.16 Å². The minimum atomic E-state index is -4.37. The number of thioether (sulfide) groups is 1. The van der Waals surface area contributed by atoms with Gasteiger partial charge in [0.1, 0.15) is 0 Å². The van der Waals surface area contributed by atoms with Crippen molar-refractivity contribution in [3.63, 3.8) is 0 Å². The lowest BCUT2D eigenvalue weighted by Gasteiger charge is -2.11. The van der Waals surface area contributed by atoms with Crippen LogP contribution >= 0.6 is 11.8 Å². The topological polar surface area (TPSA) is 61.8 Å². The van der Waals surface area contributed by atoms with Gasteiger partial charge in [-0.2, -0.15) is 13.2 Å². The Kier molecular flexibility index (Phi) is 4.66. The smallest absolute Gasteiger partial charge is 0.391 e. The highest BCUT2D eigenvalue weighted by Crippen LogP contribution is 2.25. The van der Waals surface area contributed by atoms with Gasteiger partial charge in [-0.1, -0.05) is 42.1 Å².